The summed E-state index contributed by atoms with van der Waals surface area (Å²) >= 11 is 0. The van der Waals surface area contributed by atoms with Crippen molar-refractivity contribution in [3.63, 3.8) is 0 Å². The van der Waals surface area contributed by atoms with Gasteiger partial charge in [-0.15, -0.1) is 0 Å². The average Bonchev–Trinajstić information content (AvgIpc) is 3.67. The van der Waals surface area contributed by atoms with Crippen LogP contribution in [0.2, 0.25) is 0 Å². The molecule has 0 radical (unpaired) electrons. The van der Waals surface area contributed by atoms with Gasteiger partial charge in [0.1, 0.15) is 6.04 Å². The number of aliphatic carboxylic acids is 1. The lowest BCUT2D eigenvalue weighted by molar-refractivity contribution is -0.166. The van der Waals surface area contributed by atoms with E-state index in [1.165, 1.54) is 11.3 Å². The van der Waals surface area contributed by atoms with E-state index in [4.69, 9.17) is 4.74 Å². The first-order valence-electron chi connectivity index (χ1n) is 18.8. The first kappa shape index (κ1) is 34.1. The fraction of sp³-hybridized carbons (Fsp3) is 0.628. The minimum atomic E-state index is -0.899. The van der Waals surface area contributed by atoms with Crippen molar-refractivity contribution in [3.8, 4) is 0 Å². The summed E-state index contributed by atoms with van der Waals surface area (Å²) < 4.78 is 8.88. The average molecular weight is 682 g/mol. The van der Waals surface area contributed by atoms with E-state index >= 15 is 0 Å². The molecule has 7 nitrogen and oxygen atoms in total. The third-order valence-electron chi connectivity index (χ3n) is 15.2. The highest BCUT2D eigenvalue weighted by molar-refractivity contribution is 6.18. The van der Waals surface area contributed by atoms with Crippen molar-refractivity contribution >= 4 is 28.2 Å². The number of Topliss-reactive ketones (excluding diaryl/α,β-unsaturated/α-hetero) is 1. The smallest absolute Gasteiger partial charge is 0.330 e. The maximum absolute atomic E-state index is 14.8. The topological polar surface area (TPSA) is 109 Å². The fourth-order valence-electron chi connectivity index (χ4n) is 13.0. The number of hydrogen-bond acceptors (Lipinski definition) is 5. The van der Waals surface area contributed by atoms with Crippen LogP contribution in [0.25, 0.3) is 16.5 Å². The number of hydrogen-bond donors (Lipinski definition) is 3. The fourth-order valence-corrected chi connectivity index (χ4v) is 13.0. The number of aliphatic hydroxyl groups is 2. The second-order valence-electron chi connectivity index (χ2n) is 18.7. The molecule has 8 rings (SSSR count). The van der Waals surface area contributed by atoms with Crippen molar-refractivity contribution in [2.45, 2.75) is 142 Å². The Labute approximate surface area is 296 Å². The number of allylic oxidation sites excluding steroid dienone is 2. The Bertz CT molecular complexity index is 1980. The molecule has 6 aliphatic rings. The number of carboxylic acids is 1. The van der Waals surface area contributed by atoms with Gasteiger partial charge in [-0.1, -0.05) is 39.0 Å². The van der Waals surface area contributed by atoms with E-state index in [0.29, 0.717) is 29.9 Å². The molecule has 50 heavy (non-hydrogen) atoms. The number of ether oxygens (including phenoxy) is 1. The maximum atomic E-state index is 14.8. The Morgan fingerprint density at radius 2 is 1.78 bits per heavy atom. The summed E-state index contributed by atoms with van der Waals surface area (Å²) in [7, 11) is 0. The zero-order valence-electron chi connectivity index (χ0n) is 31.4. The molecule has 9 atom stereocenters. The van der Waals surface area contributed by atoms with Gasteiger partial charge in [-0.05, 0) is 138 Å². The number of carbonyl (C=O) groups is 2. The number of ketones is 1. The van der Waals surface area contributed by atoms with Crippen LogP contribution in [0.15, 0.2) is 35.9 Å². The molecular weight excluding hydrogens is 626 g/mol. The summed E-state index contributed by atoms with van der Waals surface area (Å²) in [5, 5.41) is 34.5. The van der Waals surface area contributed by atoms with Crippen LogP contribution < -0.4 is 0 Å². The van der Waals surface area contributed by atoms with Gasteiger partial charge in [0, 0.05) is 33.5 Å². The summed E-state index contributed by atoms with van der Waals surface area (Å²) in [6.07, 6.45) is 8.58. The molecule has 2 saturated carbocycles. The molecule has 0 saturated heterocycles. The molecule has 7 heteroatoms. The number of fused-ring (bicyclic) bond motifs is 11. The molecule has 2 fully saturated rings. The van der Waals surface area contributed by atoms with Crippen LogP contribution in [0.1, 0.15) is 146 Å². The van der Waals surface area contributed by atoms with Crippen LogP contribution in [-0.2, 0) is 21.4 Å². The SMILES string of the molecule is C=C(C)[C@H]1C(=O)c2c3c(cc4c5c(n1c24)[C@@]1(C)[C@@H](CC[C@H]2[C@](C)(CCC=C(C)C(=O)O)[C@@H](O)CC[C@@]21C)C5)C1=CC(C)(C)OC(C)(C)[C@H]1[C@@H]3O. The van der Waals surface area contributed by atoms with Gasteiger partial charge >= 0.3 is 5.97 Å². The Kier molecular flexibility index (Phi) is 7.04. The van der Waals surface area contributed by atoms with Crippen molar-refractivity contribution in [3.05, 3.63) is 63.9 Å². The summed E-state index contributed by atoms with van der Waals surface area (Å²) in [5.74, 6) is -0.523. The number of benzene rings is 1. The van der Waals surface area contributed by atoms with E-state index in [1.807, 2.05) is 13.0 Å². The van der Waals surface area contributed by atoms with Gasteiger partial charge in [0.2, 0.25) is 0 Å². The van der Waals surface area contributed by atoms with Crippen LogP contribution >= 0.6 is 0 Å². The van der Waals surface area contributed by atoms with Gasteiger partial charge in [0.05, 0.1) is 34.5 Å². The van der Waals surface area contributed by atoms with Crippen molar-refractivity contribution in [1.82, 2.24) is 4.57 Å². The molecule has 3 N–H and O–H groups in total. The minimum absolute atomic E-state index is 0.0301. The summed E-state index contributed by atoms with van der Waals surface area (Å²) in [6.45, 7) is 23.4. The van der Waals surface area contributed by atoms with Crippen molar-refractivity contribution < 1.29 is 29.6 Å². The van der Waals surface area contributed by atoms with Crippen LogP contribution in [0.5, 0.6) is 0 Å². The number of aliphatic hydroxyl groups excluding tert-OH is 2. The third-order valence-corrected chi connectivity index (χ3v) is 15.2. The van der Waals surface area contributed by atoms with Gasteiger partial charge in [0.15, 0.2) is 5.78 Å². The lowest BCUT2D eigenvalue weighted by Gasteiger charge is -2.65. The van der Waals surface area contributed by atoms with Gasteiger partial charge in [-0.25, -0.2) is 4.79 Å². The highest BCUT2D eigenvalue weighted by atomic mass is 16.5. The number of aromatic nitrogens is 1. The second-order valence-corrected chi connectivity index (χ2v) is 18.7. The number of carbonyl (C=O) groups excluding carboxylic acids is 1. The Morgan fingerprint density at radius 3 is 2.44 bits per heavy atom. The monoisotopic (exact) mass is 681 g/mol. The predicted octanol–water partition coefficient (Wildman–Crippen LogP) is 8.41. The highest BCUT2D eigenvalue weighted by Crippen LogP contribution is 2.72. The number of nitrogens with zero attached hydrogens (tertiary/aromatic N) is 1. The third kappa shape index (κ3) is 4.03. The van der Waals surface area contributed by atoms with E-state index in [1.54, 1.807) is 6.92 Å². The van der Waals surface area contributed by atoms with Crippen LogP contribution in [0.3, 0.4) is 0 Å². The van der Waals surface area contributed by atoms with Crippen molar-refractivity contribution in [2.75, 3.05) is 0 Å². The quantitative estimate of drug-likeness (QED) is 0.216. The number of rotatable bonds is 5. The molecule has 0 amide bonds. The summed E-state index contributed by atoms with van der Waals surface area (Å²) in [6, 6.07) is 1.77. The van der Waals surface area contributed by atoms with E-state index in [2.05, 4.69) is 71.8 Å². The van der Waals surface area contributed by atoms with E-state index in [0.717, 1.165) is 65.3 Å². The molecule has 2 aromatic rings. The molecule has 0 unspecified atom stereocenters. The van der Waals surface area contributed by atoms with Crippen LogP contribution in [0.4, 0.5) is 0 Å². The van der Waals surface area contributed by atoms with Gasteiger partial charge in [-0.3, -0.25) is 4.79 Å². The van der Waals surface area contributed by atoms with Gasteiger partial charge in [-0.2, -0.15) is 0 Å². The Hall–Kier alpha value is -3.00. The first-order chi connectivity index (χ1) is 23.2. The second kappa shape index (κ2) is 10.3. The molecule has 0 spiro atoms. The standard InChI is InChI=1S/C43H55NO6/c1-21(2)33-36(47)31-30-24(27-20-39(4,5)50-40(6,7)32(27)35(30)46)19-25-26-18-23-13-14-28-41(8,16-11-12-22(3)38(48)49)29(45)15-17-42(28,9)43(23,10)37(26)44(33)34(25)31/h12,19-20,23,28-29,32-33,35,45-46H,1,11,13-18H2,2-10H3,(H,48,49)/t23-,28-,29-,32+,33-,35+,41-,42-,43+/m0/s1. The molecular formula is C43H55NO6. The number of carboxylic acid groups (broad SMARTS) is 1. The molecule has 0 bridgehead atoms. The molecule has 3 heterocycles. The maximum Gasteiger partial charge on any atom is 0.330 e. The lowest BCUT2D eigenvalue weighted by Crippen LogP contribution is -2.62. The van der Waals surface area contributed by atoms with Crippen molar-refractivity contribution in [1.29, 1.82) is 0 Å². The Morgan fingerprint density at radius 1 is 1.08 bits per heavy atom. The van der Waals surface area contributed by atoms with Gasteiger partial charge in [0.25, 0.3) is 0 Å². The zero-order chi connectivity index (χ0) is 36.2. The van der Waals surface area contributed by atoms with E-state index in [-0.39, 0.29) is 33.9 Å². The van der Waals surface area contributed by atoms with Crippen molar-refractivity contribution in [2.24, 2.45) is 28.6 Å². The molecule has 1 aromatic heterocycles. The predicted molar refractivity (Wildman–Crippen MR) is 195 cm³/mol. The normalized spacial score (nSPS) is 39.1. The largest absolute Gasteiger partial charge is 0.478 e. The zero-order valence-corrected chi connectivity index (χ0v) is 31.4. The summed E-state index contributed by atoms with van der Waals surface area (Å²) in [4.78, 5) is 26.4. The van der Waals surface area contributed by atoms with Crippen LogP contribution in [0, 0.1) is 28.6 Å². The van der Waals surface area contributed by atoms with Crippen LogP contribution in [-0.4, -0.2) is 48.9 Å². The Balaban J connectivity index is 1.34. The van der Waals surface area contributed by atoms with Gasteiger partial charge < -0.3 is 24.6 Å². The first-order valence-corrected chi connectivity index (χ1v) is 18.8. The van der Waals surface area contributed by atoms with E-state index in [9.17, 15) is 24.9 Å². The highest BCUT2D eigenvalue weighted by Gasteiger charge is 2.68. The molecule has 268 valence electrons. The molecule has 4 aliphatic carbocycles. The molecule has 2 aliphatic heterocycles. The minimum Gasteiger partial charge on any atom is -0.478 e. The summed E-state index contributed by atoms with van der Waals surface area (Å²) in [5.41, 5.74) is 6.27. The van der Waals surface area contributed by atoms with E-state index < -0.39 is 35.4 Å². The lowest BCUT2D eigenvalue weighted by atomic mass is 9.40. The molecule has 1 aromatic carbocycles.